The zero-order chi connectivity index (χ0) is 16.6. The highest BCUT2D eigenvalue weighted by Crippen LogP contribution is 2.40. The summed E-state index contributed by atoms with van der Waals surface area (Å²) in [5.74, 6) is 0. The number of nitrogens with zero attached hydrogens (tertiary/aromatic N) is 1. The van der Waals surface area contributed by atoms with Gasteiger partial charge in [-0.05, 0) is 29.8 Å². The van der Waals surface area contributed by atoms with E-state index in [1.807, 2.05) is 18.3 Å². The van der Waals surface area contributed by atoms with Crippen LogP contribution in [-0.2, 0) is 0 Å². The van der Waals surface area contributed by atoms with Gasteiger partial charge < -0.3 is 4.98 Å². The van der Waals surface area contributed by atoms with Crippen LogP contribution in [0.25, 0.3) is 44.2 Å². The number of benzene rings is 3. The molecule has 5 aromatic rings. The minimum Gasteiger partial charge on any atom is -0.361 e. The van der Waals surface area contributed by atoms with E-state index in [9.17, 15) is 0 Å². The first-order valence-corrected chi connectivity index (χ1v) is 8.42. The molecule has 0 bridgehead atoms. The first-order chi connectivity index (χ1) is 12.4. The molecular weight excluding hydrogens is 304 g/mol. The van der Waals surface area contributed by atoms with Crippen molar-refractivity contribution >= 4 is 21.8 Å². The second-order valence-electron chi connectivity index (χ2n) is 6.16. The number of aromatic nitrogens is 2. The Morgan fingerprint density at radius 1 is 0.600 bits per heavy atom. The largest absolute Gasteiger partial charge is 0.361 e. The van der Waals surface area contributed by atoms with Crippen LogP contribution >= 0.6 is 0 Å². The highest BCUT2D eigenvalue weighted by atomic mass is 14.7. The van der Waals surface area contributed by atoms with Gasteiger partial charge in [-0.25, -0.2) is 4.98 Å². The van der Waals surface area contributed by atoms with E-state index < -0.39 is 0 Å². The molecule has 25 heavy (non-hydrogen) atoms. The summed E-state index contributed by atoms with van der Waals surface area (Å²) >= 11 is 0. The number of rotatable bonds is 2. The van der Waals surface area contributed by atoms with Gasteiger partial charge in [0.15, 0.2) is 0 Å². The zero-order valence-corrected chi connectivity index (χ0v) is 13.6. The Morgan fingerprint density at radius 2 is 1.32 bits per heavy atom. The van der Waals surface area contributed by atoms with Gasteiger partial charge in [0.2, 0.25) is 0 Å². The number of H-pyrrole nitrogens is 1. The lowest BCUT2D eigenvalue weighted by Crippen LogP contribution is -1.82. The van der Waals surface area contributed by atoms with Crippen LogP contribution in [0.1, 0.15) is 0 Å². The summed E-state index contributed by atoms with van der Waals surface area (Å²) in [5, 5.41) is 2.34. The van der Waals surface area contributed by atoms with E-state index in [1.165, 1.54) is 16.5 Å². The smallest absolute Gasteiger partial charge is 0.0810 e. The molecule has 2 nitrogen and oxygen atoms in total. The van der Waals surface area contributed by atoms with Crippen LogP contribution in [0.3, 0.4) is 0 Å². The van der Waals surface area contributed by atoms with Crippen molar-refractivity contribution in [2.24, 2.45) is 0 Å². The van der Waals surface area contributed by atoms with Crippen LogP contribution < -0.4 is 0 Å². The van der Waals surface area contributed by atoms with Crippen LogP contribution in [0, 0.1) is 0 Å². The minimum atomic E-state index is 1.04. The molecule has 118 valence electrons. The fraction of sp³-hybridized carbons (Fsp3) is 0. The van der Waals surface area contributed by atoms with Crippen LogP contribution in [0.2, 0.25) is 0 Å². The van der Waals surface area contributed by atoms with Crippen molar-refractivity contribution in [2.75, 3.05) is 0 Å². The molecule has 0 radical (unpaired) electrons. The molecule has 2 heteroatoms. The van der Waals surface area contributed by atoms with Crippen molar-refractivity contribution in [2.45, 2.75) is 0 Å². The normalized spacial score (nSPS) is 11.2. The van der Waals surface area contributed by atoms with Gasteiger partial charge in [0.05, 0.1) is 11.2 Å². The standard InChI is InChI=1S/C23H16N2/c1-3-8-16(9-4-1)21-19-13-14-20-18(12-7-15-24-20)23(19)25-22(21)17-10-5-2-6-11-17/h1-15,24H. The van der Waals surface area contributed by atoms with Crippen molar-refractivity contribution < 1.29 is 0 Å². The molecule has 3 aromatic carbocycles. The van der Waals surface area contributed by atoms with Crippen LogP contribution in [0.5, 0.6) is 0 Å². The van der Waals surface area contributed by atoms with Crippen LogP contribution in [-0.4, -0.2) is 9.97 Å². The van der Waals surface area contributed by atoms with E-state index >= 15 is 0 Å². The van der Waals surface area contributed by atoms with E-state index in [0.717, 1.165) is 27.7 Å². The summed E-state index contributed by atoms with van der Waals surface area (Å²) in [4.78, 5) is 8.38. The van der Waals surface area contributed by atoms with Crippen molar-refractivity contribution in [3.05, 3.63) is 91.1 Å². The maximum atomic E-state index is 5.07. The molecule has 0 saturated heterocycles. The quantitative estimate of drug-likeness (QED) is 0.421. The molecule has 0 aliphatic carbocycles. The fourth-order valence-electron chi connectivity index (χ4n) is 3.50. The van der Waals surface area contributed by atoms with E-state index in [-0.39, 0.29) is 0 Å². The monoisotopic (exact) mass is 320 g/mol. The minimum absolute atomic E-state index is 1.04. The molecule has 2 aromatic heterocycles. The topological polar surface area (TPSA) is 28.7 Å². The number of hydrogen-bond donors (Lipinski definition) is 1. The molecule has 0 amide bonds. The number of pyridine rings is 1. The highest BCUT2D eigenvalue weighted by molar-refractivity contribution is 6.13. The third kappa shape index (κ3) is 2.23. The molecule has 5 rings (SSSR count). The SMILES string of the molecule is c1ccc(-c2nc3c(ccc4[nH]cccc43)c2-c2ccccc2)cc1. The van der Waals surface area contributed by atoms with Gasteiger partial charge in [-0.3, -0.25) is 0 Å². The third-order valence-corrected chi connectivity index (χ3v) is 4.65. The van der Waals surface area contributed by atoms with Crippen molar-refractivity contribution in [3.8, 4) is 22.4 Å². The predicted molar refractivity (Wildman–Crippen MR) is 104 cm³/mol. The Balaban J connectivity index is 1.93. The molecule has 1 N–H and O–H groups in total. The van der Waals surface area contributed by atoms with Gasteiger partial charge in [0, 0.05) is 33.6 Å². The summed E-state index contributed by atoms with van der Waals surface area (Å²) in [5.41, 5.74) is 6.73. The van der Waals surface area contributed by atoms with Crippen molar-refractivity contribution in [1.82, 2.24) is 9.97 Å². The predicted octanol–water partition coefficient (Wildman–Crippen LogP) is 6.05. The van der Waals surface area contributed by atoms with Gasteiger partial charge in [-0.15, -0.1) is 0 Å². The lowest BCUT2D eigenvalue weighted by molar-refractivity contribution is 1.41. The van der Waals surface area contributed by atoms with Gasteiger partial charge in [0.1, 0.15) is 0 Å². The Kier molecular flexibility index (Phi) is 3.14. The molecule has 0 spiro atoms. The van der Waals surface area contributed by atoms with Gasteiger partial charge in [-0.2, -0.15) is 0 Å². The molecule has 0 saturated carbocycles. The van der Waals surface area contributed by atoms with Crippen LogP contribution in [0.15, 0.2) is 91.1 Å². The molecule has 0 fully saturated rings. The number of hydrogen-bond acceptors (Lipinski definition) is 1. The maximum Gasteiger partial charge on any atom is 0.0810 e. The Bertz CT molecular complexity index is 1170. The average molecular weight is 320 g/mol. The lowest BCUT2D eigenvalue weighted by Gasteiger charge is -2.05. The lowest BCUT2D eigenvalue weighted by atomic mass is 9.98. The van der Waals surface area contributed by atoms with E-state index in [1.54, 1.807) is 0 Å². The molecule has 0 aliphatic heterocycles. The summed E-state index contributed by atoms with van der Waals surface area (Å²) in [7, 11) is 0. The van der Waals surface area contributed by atoms with Crippen molar-refractivity contribution in [3.63, 3.8) is 0 Å². The second kappa shape index (κ2) is 5.60. The Morgan fingerprint density at radius 3 is 2.08 bits per heavy atom. The molecule has 0 atom stereocenters. The van der Waals surface area contributed by atoms with Gasteiger partial charge in [0.25, 0.3) is 0 Å². The first kappa shape index (κ1) is 14.0. The summed E-state index contributed by atoms with van der Waals surface area (Å²) in [6.07, 6.45) is 1.95. The molecular formula is C23H16N2. The second-order valence-corrected chi connectivity index (χ2v) is 6.16. The maximum absolute atomic E-state index is 5.07. The van der Waals surface area contributed by atoms with E-state index in [0.29, 0.717) is 0 Å². The number of nitrogens with one attached hydrogen (secondary N) is 1. The third-order valence-electron chi connectivity index (χ3n) is 4.65. The average Bonchev–Trinajstić information content (AvgIpc) is 3.09. The van der Waals surface area contributed by atoms with Gasteiger partial charge >= 0.3 is 0 Å². The first-order valence-electron chi connectivity index (χ1n) is 8.42. The Labute approximate surface area is 145 Å². The molecule has 0 aliphatic rings. The molecule has 0 unspecified atom stereocenters. The van der Waals surface area contributed by atoms with E-state index in [4.69, 9.17) is 4.98 Å². The summed E-state index contributed by atoms with van der Waals surface area (Å²) in [6.45, 7) is 0. The zero-order valence-electron chi connectivity index (χ0n) is 13.6. The fourth-order valence-corrected chi connectivity index (χ4v) is 3.50. The molecule has 2 heterocycles. The Hall–Kier alpha value is -3.39. The summed E-state index contributed by atoms with van der Waals surface area (Å²) < 4.78 is 0. The summed E-state index contributed by atoms with van der Waals surface area (Å²) in [6, 6.07) is 29.4. The van der Waals surface area contributed by atoms with Gasteiger partial charge in [-0.1, -0.05) is 60.7 Å². The van der Waals surface area contributed by atoms with Crippen molar-refractivity contribution in [1.29, 1.82) is 0 Å². The van der Waals surface area contributed by atoms with E-state index in [2.05, 4.69) is 77.8 Å². The number of aromatic amines is 1. The highest BCUT2D eigenvalue weighted by Gasteiger charge is 2.17. The van der Waals surface area contributed by atoms with Crippen LogP contribution in [0.4, 0.5) is 0 Å². The number of fused-ring (bicyclic) bond motifs is 3.